The van der Waals surface area contributed by atoms with Crippen molar-refractivity contribution in [2.75, 3.05) is 20.3 Å². The Hall–Kier alpha value is -0.890. The molecular formula is C14H25IN4O. The van der Waals surface area contributed by atoms with Crippen LogP contribution in [0.25, 0.3) is 0 Å². The Morgan fingerprint density at radius 2 is 2.20 bits per heavy atom. The van der Waals surface area contributed by atoms with Crippen molar-refractivity contribution in [2.24, 2.45) is 4.99 Å². The molecular weight excluding hydrogens is 367 g/mol. The molecule has 1 atom stereocenters. The largest absolute Gasteiger partial charge is 0.383 e. The quantitative estimate of drug-likeness (QED) is 0.442. The van der Waals surface area contributed by atoms with Gasteiger partial charge in [0.15, 0.2) is 5.96 Å². The number of hydrogen-bond donors (Lipinski definition) is 2. The number of aromatic nitrogens is 1. The van der Waals surface area contributed by atoms with Crippen molar-refractivity contribution < 1.29 is 4.74 Å². The first-order valence-corrected chi connectivity index (χ1v) is 6.62. The Balaban J connectivity index is 0.00000361. The molecule has 6 heteroatoms. The molecule has 114 valence electrons. The smallest absolute Gasteiger partial charge is 0.191 e. The topological polar surface area (TPSA) is 58.5 Å². The van der Waals surface area contributed by atoms with E-state index in [4.69, 9.17) is 4.74 Å². The number of aliphatic imine (C=N–C) groups is 1. The maximum absolute atomic E-state index is 5.10. The molecule has 1 rings (SSSR count). The summed E-state index contributed by atoms with van der Waals surface area (Å²) in [7, 11) is 1.69. The van der Waals surface area contributed by atoms with Gasteiger partial charge >= 0.3 is 0 Å². The molecule has 1 aromatic rings. The molecule has 2 N–H and O–H groups in total. The Morgan fingerprint density at radius 1 is 1.45 bits per heavy atom. The van der Waals surface area contributed by atoms with Crippen molar-refractivity contribution in [2.45, 2.75) is 33.4 Å². The Labute approximate surface area is 138 Å². The van der Waals surface area contributed by atoms with Gasteiger partial charge in [-0.2, -0.15) is 0 Å². The molecule has 0 amide bonds. The van der Waals surface area contributed by atoms with Crippen LogP contribution in [0.4, 0.5) is 0 Å². The number of methoxy groups -OCH3 is 1. The number of rotatable bonds is 6. The van der Waals surface area contributed by atoms with E-state index in [2.05, 4.69) is 27.5 Å². The third-order valence-corrected chi connectivity index (χ3v) is 2.49. The van der Waals surface area contributed by atoms with Gasteiger partial charge in [-0.25, -0.2) is 4.99 Å². The van der Waals surface area contributed by atoms with E-state index in [1.165, 1.54) is 0 Å². The highest BCUT2D eigenvalue weighted by atomic mass is 127. The number of hydrogen-bond acceptors (Lipinski definition) is 3. The van der Waals surface area contributed by atoms with Crippen LogP contribution in [0.5, 0.6) is 0 Å². The van der Waals surface area contributed by atoms with Crippen molar-refractivity contribution in [1.82, 2.24) is 15.6 Å². The monoisotopic (exact) mass is 392 g/mol. The summed E-state index contributed by atoms with van der Waals surface area (Å²) in [5.74, 6) is 0.787. The van der Waals surface area contributed by atoms with E-state index in [1.54, 1.807) is 7.11 Å². The van der Waals surface area contributed by atoms with Gasteiger partial charge in [0.25, 0.3) is 0 Å². The van der Waals surface area contributed by atoms with Gasteiger partial charge in [0.05, 0.1) is 18.8 Å². The molecule has 0 aliphatic heterocycles. The van der Waals surface area contributed by atoms with Gasteiger partial charge in [-0.1, -0.05) is 6.07 Å². The molecule has 0 saturated carbocycles. The maximum atomic E-state index is 5.10. The summed E-state index contributed by atoms with van der Waals surface area (Å²) >= 11 is 0. The van der Waals surface area contributed by atoms with Crippen molar-refractivity contribution in [3.8, 4) is 0 Å². The zero-order chi connectivity index (χ0) is 14.1. The summed E-state index contributed by atoms with van der Waals surface area (Å²) in [6, 6.07) is 6.19. The summed E-state index contributed by atoms with van der Waals surface area (Å²) < 4.78 is 5.10. The minimum Gasteiger partial charge on any atom is -0.383 e. The molecule has 1 unspecified atom stereocenters. The first-order valence-electron chi connectivity index (χ1n) is 6.62. The predicted octanol–water partition coefficient (Wildman–Crippen LogP) is 2.10. The normalized spacial score (nSPS) is 12.5. The van der Waals surface area contributed by atoms with Crippen LogP contribution in [0.3, 0.4) is 0 Å². The van der Waals surface area contributed by atoms with Gasteiger partial charge in [-0.3, -0.25) is 4.98 Å². The van der Waals surface area contributed by atoms with E-state index < -0.39 is 0 Å². The number of halogens is 1. The summed E-state index contributed by atoms with van der Waals surface area (Å²) in [5, 5.41) is 6.50. The molecule has 0 radical (unpaired) electrons. The fraction of sp³-hybridized carbons (Fsp3) is 0.571. The Bertz CT molecular complexity index is 412. The number of guanidine groups is 1. The SMILES string of the molecule is CCNC(=NCc1cccc(C)n1)NC(C)COC.I. The molecule has 1 aromatic heterocycles. The fourth-order valence-corrected chi connectivity index (χ4v) is 1.69. The standard InChI is InChI=1S/C14H24N4O.HI/c1-5-15-14(18-12(3)10-19-4)16-9-13-8-6-7-11(2)17-13;/h6-8,12H,5,9-10H2,1-4H3,(H2,15,16,18);1H. The van der Waals surface area contributed by atoms with Gasteiger partial charge in [0.1, 0.15) is 0 Å². The van der Waals surface area contributed by atoms with Crippen LogP contribution in [-0.2, 0) is 11.3 Å². The van der Waals surface area contributed by atoms with Gasteiger partial charge < -0.3 is 15.4 Å². The summed E-state index contributed by atoms with van der Waals surface area (Å²) in [6.07, 6.45) is 0. The number of nitrogens with zero attached hydrogens (tertiary/aromatic N) is 2. The van der Waals surface area contributed by atoms with Gasteiger partial charge in [-0.15, -0.1) is 24.0 Å². The highest BCUT2D eigenvalue weighted by molar-refractivity contribution is 14.0. The van der Waals surface area contributed by atoms with Crippen molar-refractivity contribution >= 4 is 29.9 Å². The van der Waals surface area contributed by atoms with Crippen molar-refractivity contribution in [3.63, 3.8) is 0 Å². The summed E-state index contributed by atoms with van der Waals surface area (Å²) in [4.78, 5) is 8.96. The summed E-state index contributed by atoms with van der Waals surface area (Å²) in [5.41, 5.74) is 1.98. The van der Waals surface area contributed by atoms with E-state index in [1.807, 2.05) is 32.0 Å². The fourth-order valence-electron chi connectivity index (χ4n) is 1.69. The van der Waals surface area contributed by atoms with E-state index in [0.29, 0.717) is 13.2 Å². The first-order chi connectivity index (χ1) is 9.15. The van der Waals surface area contributed by atoms with E-state index >= 15 is 0 Å². The molecule has 0 bridgehead atoms. The molecule has 5 nitrogen and oxygen atoms in total. The Kier molecular flexibility index (Phi) is 10.4. The molecule has 0 saturated heterocycles. The third kappa shape index (κ3) is 7.64. The second-order valence-corrected chi connectivity index (χ2v) is 4.47. The molecule has 0 spiro atoms. The van der Waals surface area contributed by atoms with Crippen LogP contribution in [0.15, 0.2) is 23.2 Å². The molecule has 0 aliphatic carbocycles. The van der Waals surface area contributed by atoms with Crippen LogP contribution < -0.4 is 10.6 Å². The second-order valence-electron chi connectivity index (χ2n) is 4.47. The van der Waals surface area contributed by atoms with Crippen LogP contribution in [0, 0.1) is 6.92 Å². The Morgan fingerprint density at radius 3 is 2.80 bits per heavy atom. The van der Waals surface area contributed by atoms with E-state index in [0.717, 1.165) is 23.9 Å². The third-order valence-electron chi connectivity index (χ3n) is 2.49. The first kappa shape index (κ1) is 19.1. The van der Waals surface area contributed by atoms with Crippen LogP contribution in [0.1, 0.15) is 25.2 Å². The van der Waals surface area contributed by atoms with Crippen LogP contribution in [-0.4, -0.2) is 37.2 Å². The highest BCUT2D eigenvalue weighted by Gasteiger charge is 2.04. The zero-order valence-electron chi connectivity index (χ0n) is 12.6. The molecule has 20 heavy (non-hydrogen) atoms. The lowest BCUT2D eigenvalue weighted by molar-refractivity contribution is 0.179. The molecule has 0 aromatic carbocycles. The van der Waals surface area contributed by atoms with Crippen LogP contribution in [0.2, 0.25) is 0 Å². The van der Waals surface area contributed by atoms with E-state index in [-0.39, 0.29) is 30.0 Å². The number of pyridine rings is 1. The lowest BCUT2D eigenvalue weighted by Crippen LogP contribution is -2.43. The molecule has 0 aliphatic rings. The van der Waals surface area contributed by atoms with Gasteiger partial charge in [-0.05, 0) is 32.9 Å². The second kappa shape index (κ2) is 10.8. The minimum atomic E-state index is 0. The zero-order valence-corrected chi connectivity index (χ0v) is 15.0. The lowest BCUT2D eigenvalue weighted by atomic mass is 10.3. The summed E-state index contributed by atoms with van der Waals surface area (Å²) in [6.45, 7) is 8.12. The average molecular weight is 392 g/mol. The number of ether oxygens (including phenoxy) is 1. The maximum Gasteiger partial charge on any atom is 0.191 e. The molecule has 0 fully saturated rings. The van der Waals surface area contributed by atoms with Gasteiger partial charge in [0, 0.05) is 25.4 Å². The minimum absolute atomic E-state index is 0. The number of nitrogens with one attached hydrogen (secondary N) is 2. The van der Waals surface area contributed by atoms with Crippen molar-refractivity contribution in [1.29, 1.82) is 0 Å². The predicted molar refractivity (Wildman–Crippen MR) is 93.7 cm³/mol. The van der Waals surface area contributed by atoms with Gasteiger partial charge in [0.2, 0.25) is 0 Å². The van der Waals surface area contributed by atoms with E-state index in [9.17, 15) is 0 Å². The lowest BCUT2D eigenvalue weighted by Gasteiger charge is -2.16. The average Bonchev–Trinajstić information content (AvgIpc) is 2.36. The molecule has 1 heterocycles. The number of aryl methyl sites for hydroxylation is 1. The van der Waals surface area contributed by atoms with Crippen LogP contribution >= 0.6 is 24.0 Å². The highest BCUT2D eigenvalue weighted by Crippen LogP contribution is 1.99. The van der Waals surface area contributed by atoms with Crippen molar-refractivity contribution in [3.05, 3.63) is 29.6 Å².